The van der Waals surface area contributed by atoms with Gasteiger partial charge in [0, 0.05) is 0 Å². The molecule has 0 bridgehead atoms. The third kappa shape index (κ3) is 7.19. The van der Waals surface area contributed by atoms with E-state index in [0.29, 0.717) is 36.2 Å². The topological polar surface area (TPSA) is 52.6 Å². The molecule has 1 saturated carbocycles. The highest BCUT2D eigenvalue weighted by Gasteiger charge is 2.16. The fourth-order valence-electron chi connectivity index (χ4n) is 3.39. The maximum Gasteiger partial charge on any atom is 0.338 e. The molecule has 0 spiro atoms. The van der Waals surface area contributed by atoms with E-state index in [0.717, 1.165) is 19.3 Å². The van der Waals surface area contributed by atoms with Crippen LogP contribution in [0.4, 0.5) is 0 Å². The monoisotopic (exact) mass is 360 g/mol. The Morgan fingerprint density at radius 1 is 1.00 bits per heavy atom. The van der Waals surface area contributed by atoms with E-state index in [1.807, 2.05) is 0 Å². The van der Waals surface area contributed by atoms with E-state index in [9.17, 15) is 9.59 Å². The fourth-order valence-corrected chi connectivity index (χ4v) is 3.39. The molecule has 4 nitrogen and oxygen atoms in total. The van der Waals surface area contributed by atoms with Crippen LogP contribution in [0.3, 0.4) is 0 Å². The van der Waals surface area contributed by atoms with Crippen molar-refractivity contribution in [2.45, 2.75) is 65.2 Å². The predicted molar refractivity (Wildman–Crippen MR) is 102 cm³/mol. The smallest absolute Gasteiger partial charge is 0.338 e. The van der Waals surface area contributed by atoms with Gasteiger partial charge in [0.2, 0.25) is 0 Å². The summed E-state index contributed by atoms with van der Waals surface area (Å²) >= 11 is 0. The van der Waals surface area contributed by atoms with Crippen LogP contribution in [-0.2, 0) is 9.47 Å². The van der Waals surface area contributed by atoms with Crippen LogP contribution in [0.1, 0.15) is 85.9 Å². The Balaban J connectivity index is 1.77. The Labute approximate surface area is 157 Å². The van der Waals surface area contributed by atoms with Gasteiger partial charge in [0.25, 0.3) is 0 Å². The number of carbonyl (C=O) groups is 2. The molecule has 0 unspecified atom stereocenters. The number of hydrogen-bond donors (Lipinski definition) is 0. The summed E-state index contributed by atoms with van der Waals surface area (Å²) in [5.74, 6) is 0.532. The molecule has 1 aromatic carbocycles. The molecule has 0 radical (unpaired) electrons. The zero-order chi connectivity index (χ0) is 18.8. The molecule has 0 aromatic heterocycles. The van der Waals surface area contributed by atoms with Gasteiger partial charge in [0.05, 0.1) is 24.3 Å². The number of benzene rings is 1. The van der Waals surface area contributed by atoms with Crippen LogP contribution >= 0.6 is 0 Å². The van der Waals surface area contributed by atoms with E-state index in [-0.39, 0.29) is 11.9 Å². The Bertz CT molecular complexity index is 573. The molecule has 4 heteroatoms. The quantitative estimate of drug-likeness (QED) is 0.436. The molecule has 0 N–H and O–H groups in total. The highest BCUT2D eigenvalue weighted by atomic mass is 16.5. The van der Waals surface area contributed by atoms with Crippen LogP contribution in [-0.4, -0.2) is 25.2 Å². The second-order valence-electron chi connectivity index (χ2n) is 7.68. The summed E-state index contributed by atoms with van der Waals surface area (Å²) in [4.78, 5) is 24.3. The van der Waals surface area contributed by atoms with Crippen LogP contribution in [0.5, 0.6) is 0 Å². The molecule has 0 heterocycles. The molecule has 1 aliphatic rings. The molecule has 0 saturated heterocycles. The van der Waals surface area contributed by atoms with Crippen molar-refractivity contribution in [1.82, 2.24) is 0 Å². The van der Waals surface area contributed by atoms with Crippen LogP contribution in [0, 0.1) is 11.8 Å². The van der Waals surface area contributed by atoms with Gasteiger partial charge in [-0.05, 0) is 49.3 Å². The third-order valence-corrected chi connectivity index (χ3v) is 4.98. The maximum atomic E-state index is 12.2. The van der Waals surface area contributed by atoms with Gasteiger partial charge >= 0.3 is 11.9 Å². The van der Waals surface area contributed by atoms with E-state index in [2.05, 4.69) is 13.8 Å². The molecular formula is C22H32O4. The number of carbonyl (C=O) groups excluding carboxylic acids is 2. The Kier molecular flexibility index (Phi) is 8.66. The van der Waals surface area contributed by atoms with Gasteiger partial charge in [-0.3, -0.25) is 0 Å². The maximum absolute atomic E-state index is 12.2. The molecule has 0 atom stereocenters. The normalized spacial score (nSPS) is 15.0. The summed E-state index contributed by atoms with van der Waals surface area (Å²) in [6.07, 6.45) is 9.22. The first kappa shape index (κ1) is 20.5. The molecular weight excluding hydrogens is 328 g/mol. The first-order chi connectivity index (χ1) is 12.6. The van der Waals surface area contributed by atoms with Gasteiger partial charge in [-0.15, -0.1) is 0 Å². The first-order valence-electron chi connectivity index (χ1n) is 10.0. The highest BCUT2D eigenvalue weighted by Crippen LogP contribution is 2.26. The van der Waals surface area contributed by atoms with Gasteiger partial charge in [-0.1, -0.05) is 52.0 Å². The van der Waals surface area contributed by atoms with Crippen molar-refractivity contribution in [1.29, 1.82) is 0 Å². The minimum atomic E-state index is -0.384. The van der Waals surface area contributed by atoms with Crippen molar-refractivity contribution in [2.75, 3.05) is 13.2 Å². The van der Waals surface area contributed by atoms with Crippen molar-refractivity contribution < 1.29 is 19.1 Å². The van der Waals surface area contributed by atoms with Crippen molar-refractivity contribution in [2.24, 2.45) is 11.8 Å². The summed E-state index contributed by atoms with van der Waals surface area (Å²) in [6, 6.07) is 6.61. The summed E-state index contributed by atoms with van der Waals surface area (Å²) in [7, 11) is 0. The Morgan fingerprint density at radius 2 is 1.62 bits per heavy atom. The van der Waals surface area contributed by atoms with Crippen molar-refractivity contribution in [3.05, 3.63) is 35.4 Å². The summed E-state index contributed by atoms with van der Waals surface area (Å²) < 4.78 is 10.7. The molecule has 2 rings (SSSR count). The molecule has 1 fully saturated rings. The number of ether oxygens (including phenoxy) is 2. The first-order valence-corrected chi connectivity index (χ1v) is 10.0. The molecule has 26 heavy (non-hydrogen) atoms. The van der Waals surface area contributed by atoms with Crippen molar-refractivity contribution >= 4 is 11.9 Å². The highest BCUT2D eigenvalue weighted by molar-refractivity contribution is 5.95. The van der Waals surface area contributed by atoms with Crippen LogP contribution in [0.2, 0.25) is 0 Å². The lowest BCUT2D eigenvalue weighted by atomic mass is 9.87. The lowest BCUT2D eigenvalue weighted by Gasteiger charge is -2.21. The average molecular weight is 360 g/mol. The van der Waals surface area contributed by atoms with Crippen molar-refractivity contribution in [3.63, 3.8) is 0 Å². The number of rotatable bonds is 9. The lowest BCUT2D eigenvalue weighted by Crippen LogP contribution is -2.13. The molecule has 1 aliphatic carbocycles. The lowest BCUT2D eigenvalue weighted by molar-refractivity contribution is 0.0474. The number of esters is 2. The van der Waals surface area contributed by atoms with Crippen LogP contribution in [0.15, 0.2) is 24.3 Å². The summed E-state index contributed by atoms with van der Waals surface area (Å²) in [5, 5.41) is 0. The van der Waals surface area contributed by atoms with E-state index < -0.39 is 0 Å². The molecule has 0 amide bonds. The SMILES string of the molecule is CC(C)CCCOC(=O)c1cccc(C(=O)OCCC2CCCCC2)c1. The zero-order valence-corrected chi connectivity index (χ0v) is 16.2. The second kappa shape index (κ2) is 11.0. The molecule has 1 aromatic rings. The predicted octanol–water partition coefficient (Wildman–Crippen LogP) is 5.41. The Morgan fingerprint density at radius 3 is 2.23 bits per heavy atom. The fraction of sp³-hybridized carbons (Fsp3) is 0.636. The minimum Gasteiger partial charge on any atom is -0.462 e. The minimum absolute atomic E-state index is 0.365. The van der Waals surface area contributed by atoms with E-state index >= 15 is 0 Å². The molecule has 0 aliphatic heterocycles. The van der Waals surface area contributed by atoms with Crippen LogP contribution < -0.4 is 0 Å². The zero-order valence-electron chi connectivity index (χ0n) is 16.2. The van der Waals surface area contributed by atoms with E-state index in [1.165, 1.54) is 32.1 Å². The third-order valence-electron chi connectivity index (χ3n) is 4.98. The van der Waals surface area contributed by atoms with Crippen molar-refractivity contribution in [3.8, 4) is 0 Å². The summed E-state index contributed by atoms with van der Waals surface area (Å²) in [6.45, 7) is 5.15. The van der Waals surface area contributed by atoms with E-state index in [1.54, 1.807) is 24.3 Å². The second-order valence-corrected chi connectivity index (χ2v) is 7.68. The average Bonchev–Trinajstić information content (AvgIpc) is 2.66. The number of hydrogen-bond acceptors (Lipinski definition) is 4. The molecule has 144 valence electrons. The van der Waals surface area contributed by atoms with Gasteiger partial charge in [0.1, 0.15) is 0 Å². The van der Waals surface area contributed by atoms with Crippen LogP contribution in [0.25, 0.3) is 0 Å². The summed E-state index contributed by atoms with van der Waals surface area (Å²) in [5.41, 5.74) is 0.807. The standard InChI is InChI=1S/C22H32O4/c1-17(2)8-7-14-25-21(23)19-11-6-12-20(16-19)22(24)26-15-13-18-9-4-3-5-10-18/h6,11-12,16-18H,3-5,7-10,13-15H2,1-2H3. The largest absolute Gasteiger partial charge is 0.462 e. The van der Waals surface area contributed by atoms with Gasteiger partial charge in [0.15, 0.2) is 0 Å². The van der Waals surface area contributed by atoms with Gasteiger partial charge < -0.3 is 9.47 Å². The van der Waals surface area contributed by atoms with Gasteiger partial charge in [-0.2, -0.15) is 0 Å². The van der Waals surface area contributed by atoms with E-state index in [4.69, 9.17) is 9.47 Å². The Hall–Kier alpha value is -1.84. The van der Waals surface area contributed by atoms with Gasteiger partial charge in [-0.25, -0.2) is 9.59 Å².